The number of aliphatic hydroxyl groups is 1. The molecule has 0 spiro atoms. The van der Waals surface area contributed by atoms with Crippen molar-refractivity contribution in [2.45, 2.75) is 31.7 Å². The molecule has 2 rings (SSSR count). The van der Waals surface area contributed by atoms with Crippen LogP contribution in [0.3, 0.4) is 0 Å². The number of hydrogen-bond acceptors (Lipinski definition) is 4. The van der Waals surface area contributed by atoms with E-state index in [0.717, 1.165) is 12.8 Å². The van der Waals surface area contributed by atoms with Crippen LogP contribution < -0.4 is 4.90 Å². The first-order valence-corrected chi connectivity index (χ1v) is 6.29. The Labute approximate surface area is 106 Å². The Morgan fingerprint density at radius 3 is 2.83 bits per heavy atom. The van der Waals surface area contributed by atoms with Crippen molar-refractivity contribution >= 4 is 11.7 Å². The highest BCUT2D eigenvalue weighted by molar-refractivity contribution is 5.94. The van der Waals surface area contributed by atoms with Crippen LogP contribution in [0.25, 0.3) is 0 Å². The van der Waals surface area contributed by atoms with Crippen molar-refractivity contribution in [3.05, 3.63) is 24.0 Å². The maximum Gasteiger partial charge on any atom is 0.337 e. The monoisotopic (exact) mass is 250 g/mol. The third-order valence-corrected chi connectivity index (χ3v) is 3.41. The second-order valence-electron chi connectivity index (χ2n) is 4.55. The molecule has 0 aromatic carbocycles. The maximum absolute atomic E-state index is 11.2. The second kappa shape index (κ2) is 5.82. The summed E-state index contributed by atoms with van der Waals surface area (Å²) in [6, 6.07) is 1.92. The van der Waals surface area contributed by atoms with Gasteiger partial charge in [-0.25, -0.2) is 4.79 Å². The minimum Gasteiger partial charge on any atom is -0.478 e. The van der Waals surface area contributed by atoms with Gasteiger partial charge in [0.25, 0.3) is 0 Å². The van der Waals surface area contributed by atoms with Crippen LogP contribution in [0.4, 0.5) is 5.69 Å². The number of pyridine rings is 1. The molecule has 1 aliphatic carbocycles. The molecule has 0 radical (unpaired) electrons. The summed E-state index contributed by atoms with van der Waals surface area (Å²) in [5.41, 5.74) is 0.956. The van der Waals surface area contributed by atoms with Crippen molar-refractivity contribution in [3.63, 3.8) is 0 Å². The number of carboxylic acid groups (broad SMARTS) is 1. The van der Waals surface area contributed by atoms with E-state index in [1.54, 1.807) is 6.20 Å². The summed E-state index contributed by atoms with van der Waals surface area (Å²) in [6.07, 6.45) is 7.10. The van der Waals surface area contributed by atoms with E-state index in [1.165, 1.54) is 18.7 Å². The number of carboxylic acids is 1. The summed E-state index contributed by atoms with van der Waals surface area (Å²) in [5.74, 6) is -0.930. The average Bonchev–Trinajstić information content (AvgIpc) is 2.32. The fourth-order valence-electron chi connectivity index (χ4n) is 2.23. The number of aromatic nitrogens is 1. The Balaban J connectivity index is 2.25. The van der Waals surface area contributed by atoms with Gasteiger partial charge in [-0.3, -0.25) is 4.98 Å². The Morgan fingerprint density at radius 1 is 1.50 bits per heavy atom. The number of hydrogen-bond donors (Lipinski definition) is 2. The van der Waals surface area contributed by atoms with Gasteiger partial charge in [0.05, 0.1) is 17.4 Å². The van der Waals surface area contributed by atoms with Crippen molar-refractivity contribution in [2.75, 3.05) is 18.1 Å². The van der Waals surface area contributed by atoms with Crippen LogP contribution in [0, 0.1) is 0 Å². The predicted molar refractivity (Wildman–Crippen MR) is 67.9 cm³/mol. The second-order valence-corrected chi connectivity index (χ2v) is 4.55. The molecule has 98 valence electrons. The van der Waals surface area contributed by atoms with E-state index < -0.39 is 5.97 Å². The SMILES string of the molecule is O=C(O)c1ccncc1N(CCCO)C1CCC1. The molecule has 5 nitrogen and oxygen atoms in total. The van der Waals surface area contributed by atoms with E-state index in [-0.39, 0.29) is 12.2 Å². The third kappa shape index (κ3) is 2.61. The lowest BCUT2D eigenvalue weighted by Gasteiger charge is -2.39. The zero-order valence-corrected chi connectivity index (χ0v) is 10.2. The molecule has 0 saturated heterocycles. The summed E-state index contributed by atoms with van der Waals surface area (Å²) in [6.45, 7) is 0.791. The lowest BCUT2D eigenvalue weighted by molar-refractivity contribution is 0.0697. The van der Waals surface area contributed by atoms with Crippen LogP contribution in [0.1, 0.15) is 36.0 Å². The summed E-state index contributed by atoms with van der Waals surface area (Å²) >= 11 is 0. The van der Waals surface area contributed by atoms with Crippen molar-refractivity contribution in [2.24, 2.45) is 0 Å². The standard InChI is InChI=1S/C13H18N2O3/c16-8-2-7-15(10-3-1-4-10)12-9-14-6-5-11(12)13(17)18/h5-6,9-10,16H,1-4,7-8H2,(H,17,18). The molecule has 1 fully saturated rings. The number of anilines is 1. The Morgan fingerprint density at radius 2 is 2.28 bits per heavy atom. The number of rotatable bonds is 6. The Hall–Kier alpha value is -1.62. The lowest BCUT2D eigenvalue weighted by atomic mass is 9.90. The molecule has 1 heterocycles. The summed E-state index contributed by atoms with van der Waals surface area (Å²) in [4.78, 5) is 17.3. The molecular weight excluding hydrogens is 232 g/mol. The predicted octanol–water partition coefficient (Wildman–Crippen LogP) is 1.52. The maximum atomic E-state index is 11.2. The highest BCUT2D eigenvalue weighted by Crippen LogP contribution is 2.31. The van der Waals surface area contributed by atoms with Crippen LogP contribution in [0.2, 0.25) is 0 Å². The van der Waals surface area contributed by atoms with Crippen LogP contribution in [0.5, 0.6) is 0 Å². The van der Waals surface area contributed by atoms with E-state index in [4.69, 9.17) is 5.11 Å². The lowest BCUT2D eigenvalue weighted by Crippen LogP contribution is -2.42. The Bertz CT molecular complexity index is 418. The zero-order chi connectivity index (χ0) is 13.0. The first-order valence-electron chi connectivity index (χ1n) is 6.29. The molecular formula is C13H18N2O3. The van der Waals surface area contributed by atoms with Gasteiger partial charge >= 0.3 is 5.97 Å². The van der Waals surface area contributed by atoms with Gasteiger partial charge < -0.3 is 15.1 Å². The van der Waals surface area contributed by atoms with Crippen molar-refractivity contribution in [1.29, 1.82) is 0 Å². The summed E-state index contributed by atoms with van der Waals surface area (Å²) < 4.78 is 0. The fraction of sp³-hybridized carbons (Fsp3) is 0.538. The molecule has 5 heteroatoms. The molecule has 0 aliphatic heterocycles. The minimum atomic E-state index is -0.930. The average molecular weight is 250 g/mol. The van der Waals surface area contributed by atoms with Crippen LogP contribution in [-0.4, -0.2) is 40.4 Å². The molecule has 0 bridgehead atoms. The van der Waals surface area contributed by atoms with Gasteiger partial charge in [0.2, 0.25) is 0 Å². The van der Waals surface area contributed by atoms with Gasteiger partial charge in [0.15, 0.2) is 0 Å². The van der Waals surface area contributed by atoms with E-state index in [1.807, 2.05) is 0 Å². The molecule has 0 amide bonds. The van der Waals surface area contributed by atoms with E-state index in [2.05, 4.69) is 9.88 Å². The highest BCUT2D eigenvalue weighted by atomic mass is 16.4. The molecule has 1 aromatic rings. The molecule has 0 atom stereocenters. The van der Waals surface area contributed by atoms with E-state index >= 15 is 0 Å². The third-order valence-electron chi connectivity index (χ3n) is 3.41. The number of carbonyl (C=O) groups is 1. The zero-order valence-electron chi connectivity index (χ0n) is 10.2. The quantitative estimate of drug-likeness (QED) is 0.800. The molecule has 0 unspecified atom stereocenters. The van der Waals surface area contributed by atoms with Gasteiger partial charge in [-0.2, -0.15) is 0 Å². The van der Waals surface area contributed by atoms with Crippen LogP contribution in [0.15, 0.2) is 18.5 Å². The van der Waals surface area contributed by atoms with Gasteiger partial charge in [-0.15, -0.1) is 0 Å². The van der Waals surface area contributed by atoms with Gasteiger partial charge in [-0.1, -0.05) is 0 Å². The largest absolute Gasteiger partial charge is 0.478 e. The first kappa shape index (κ1) is 12.8. The Kier molecular flexibility index (Phi) is 4.15. The summed E-state index contributed by atoms with van der Waals surface area (Å²) in [5, 5.41) is 18.2. The van der Waals surface area contributed by atoms with Crippen molar-refractivity contribution < 1.29 is 15.0 Å². The van der Waals surface area contributed by atoms with Crippen molar-refractivity contribution in [1.82, 2.24) is 4.98 Å². The smallest absolute Gasteiger partial charge is 0.337 e. The number of aliphatic hydroxyl groups excluding tert-OH is 1. The number of nitrogens with zero attached hydrogens (tertiary/aromatic N) is 2. The molecule has 1 saturated carbocycles. The normalized spacial score (nSPS) is 15.2. The van der Waals surface area contributed by atoms with Gasteiger partial charge in [0.1, 0.15) is 0 Å². The molecule has 1 aromatic heterocycles. The number of aromatic carboxylic acids is 1. The topological polar surface area (TPSA) is 73.7 Å². The fourth-order valence-corrected chi connectivity index (χ4v) is 2.23. The van der Waals surface area contributed by atoms with Crippen LogP contribution >= 0.6 is 0 Å². The minimum absolute atomic E-state index is 0.117. The van der Waals surface area contributed by atoms with Crippen molar-refractivity contribution in [3.8, 4) is 0 Å². The molecule has 2 N–H and O–H groups in total. The van der Waals surface area contributed by atoms with Gasteiger partial charge in [0, 0.05) is 25.4 Å². The van der Waals surface area contributed by atoms with E-state index in [9.17, 15) is 9.90 Å². The van der Waals surface area contributed by atoms with Gasteiger partial charge in [-0.05, 0) is 31.7 Å². The molecule has 18 heavy (non-hydrogen) atoms. The van der Waals surface area contributed by atoms with Crippen LogP contribution in [-0.2, 0) is 0 Å². The van der Waals surface area contributed by atoms with E-state index in [0.29, 0.717) is 24.7 Å². The molecule has 1 aliphatic rings. The highest BCUT2D eigenvalue weighted by Gasteiger charge is 2.27. The first-order chi connectivity index (χ1) is 8.74. The summed E-state index contributed by atoms with van der Waals surface area (Å²) in [7, 11) is 0.